The molecule has 0 aliphatic heterocycles. The van der Waals surface area contributed by atoms with Gasteiger partial charge in [-0.1, -0.05) is 0 Å². The van der Waals surface area contributed by atoms with E-state index in [9.17, 15) is 13.2 Å². The van der Waals surface area contributed by atoms with Crippen LogP contribution >= 0.6 is 0 Å². The van der Waals surface area contributed by atoms with E-state index in [0.29, 0.717) is 12.2 Å². The fraction of sp³-hybridized carbons (Fsp3) is 0.364. The van der Waals surface area contributed by atoms with Crippen molar-refractivity contribution >= 4 is 27.2 Å². The minimum Gasteiger partial charge on any atom is -0.478 e. The summed E-state index contributed by atoms with van der Waals surface area (Å²) < 4.78 is 22.1. The molecule has 18 heavy (non-hydrogen) atoms. The summed E-state index contributed by atoms with van der Waals surface area (Å²) in [6.45, 7) is 0.324. The topological polar surface area (TPSA) is 101 Å². The van der Waals surface area contributed by atoms with Crippen LogP contribution in [0, 0.1) is 0 Å². The average Bonchev–Trinajstić information content (AvgIpc) is 2.24. The maximum atomic E-state index is 11.0. The van der Waals surface area contributed by atoms with E-state index < -0.39 is 15.8 Å². The van der Waals surface area contributed by atoms with Gasteiger partial charge in [-0.2, -0.15) is 0 Å². The highest BCUT2D eigenvalue weighted by molar-refractivity contribution is 7.90. The van der Waals surface area contributed by atoms with Crippen LogP contribution in [0.2, 0.25) is 0 Å². The molecule has 0 saturated heterocycles. The lowest BCUT2D eigenvalue weighted by Crippen LogP contribution is -2.25. The Morgan fingerprint density at radius 2 is 2.06 bits per heavy atom. The second kappa shape index (κ2) is 5.26. The zero-order valence-electron chi connectivity index (χ0n) is 10.3. The molecule has 6 nitrogen and oxygen atoms in total. The Morgan fingerprint density at radius 1 is 1.44 bits per heavy atom. The third-order valence-corrected chi connectivity index (χ3v) is 3.43. The number of aromatic carboxylic acids is 1. The van der Waals surface area contributed by atoms with Crippen LogP contribution in [0.5, 0.6) is 0 Å². The van der Waals surface area contributed by atoms with Gasteiger partial charge in [0.15, 0.2) is 0 Å². The first kappa shape index (κ1) is 14.3. The van der Waals surface area contributed by atoms with Crippen molar-refractivity contribution in [2.75, 3.05) is 36.2 Å². The molecule has 0 spiro atoms. The smallest absolute Gasteiger partial charge is 0.337 e. The zero-order chi connectivity index (χ0) is 13.9. The standard InChI is InChI=1S/C11H16N2O4S/c1-13(5-6-18(2,16)17)8-3-4-9(11(14)15)10(12)7-8/h3-4,7H,5-6,12H2,1-2H3,(H,14,15). The Morgan fingerprint density at radius 3 is 2.50 bits per heavy atom. The molecular formula is C11H16N2O4S. The molecule has 0 amide bonds. The van der Waals surface area contributed by atoms with Crippen molar-refractivity contribution < 1.29 is 18.3 Å². The highest BCUT2D eigenvalue weighted by atomic mass is 32.2. The van der Waals surface area contributed by atoms with E-state index in [0.717, 1.165) is 0 Å². The van der Waals surface area contributed by atoms with E-state index in [1.807, 2.05) is 0 Å². The van der Waals surface area contributed by atoms with Crippen molar-refractivity contribution in [2.24, 2.45) is 0 Å². The maximum absolute atomic E-state index is 11.0. The summed E-state index contributed by atoms with van der Waals surface area (Å²) >= 11 is 0. The van der Waals surface area contributed by atoms with Gasteiger partial charge in [-0.15, -0.1) is 0 Å². The molecular weight excluding hydrogens is 256 g/mol. The number of rotatable bonds is 5. The number of nitrogens with zero attached hydrogens (tertiary/aromatic N) is 1. The molecule has 7 heteroatoms. The first-order valence-electron chi connectivity index (χ1n) is 5.22. The monoisotopic (exact) mass is 272 g/mol. The molecule has 0 saturated carbocycles. The van der Waals surface area contributed by atoms with Gasteiger partial charge < -0.3 is 15.7 Å². The summed E-state index contributed by atoms with van der Waals surface area (Å²) in [7, 11) is -1.30. The van der Waals surface area contributed by atoms with Crippen molar-refractivity contribution in [2.45, 2.75) is 0 Å². The summed E-state index contributed by atoms with van der Waals surface area (Å²) in [5.74, 6) is -1.05. The number of carboxylic acids is 1. The summed E-state index contributed by atoms with van der Waals surface area (Å²) in [6, 6.07) is 4.53. The number of benzene rings is 1. The molecule has 100 valence electrons. The Bertz CT molecular complexity index is 554. The van der Waals surface area contributed by atoms with E-state index in [1.165, 1.54) is 18.4 Å². The Balaban J connectivity index is 2.85. The molecule has 0 aliphatic rings. The normalized spacial score (nSPS) is 11.2. The average molecular weight is 272 g/mol. The predicted molar refractivity (Wildman–Crippen MR) is 70.8 cm³/mol. The molecule has 1 aromatic rings. The number of anilines is 2. The van der Waals surface area contributed by atoms with Crippen LogP contribution in [-0.4, -0.2) is 45.1 Å². The molecule has 0 atom stereocenters. The predicted octanol–water partition coefficient (Wildman–Crippen LogP) is 0.448. The molecule has 0 fully saturated rings. The van der Waals surface area contributed by atoms with Gasteiger partial charge in [-0.05, 0) is 18.2 Å². The van der Waals surface area contributed by atoms with Crippen LogP contribution < -0.4 is 10.6 Å². The minimum absolute atomic E-state index is 0.0318. The van der Waals surface area contributed by atoms with E-state index >= 15 is 0 Å². The fourth-order valence-corrected chi connectivity index (χ4v) is 2.02. The van der Waals surface area contributed by atoms with Crippen LogP contribution in [0.4, 0.5) is 11.4 Å². The van der Waals surface area contributed by atoms with Gasteiger partial charge in [-0.3, -0.25) is 0 Å². The number of sulfone groups is 1. The molecule has 0 aliphatic carbocycles. The molecule has 1 aromatic carbocycles. The van der Waals surface area contributed by atoms with Crippen LogP contribution in [0.3, 0.4) is 0 Å². The van der Waals surface area contributed by atoms with E-state index in [2.05, 4.69) is 0 Å². The summed E-state index contributed by atoms with van der Waals surface area (Å²) in [5, 5.41) is 8.83. The number of carboxylic acid groups (broad SMARTS) is 1. The summed E-state index contributed by atoms with van der Waals surface area (Å²) in [5.41, 5.74) is 6.49. The largest absolute Gasteiger partial charge is 0.478 e. The molecule has 1 rings (SSSR count). The molecule has 0 heterocycles. The van der Waals surface area contributed by atoms with Gasteiger partial charge in [0, 0.05) is 31.2 Å². The molecule has 0 unspecified atom stereocenters. The lowest BCUT2D eigenvalue weighted by atomic mass is 10.1. The number of nitrogens with two attached hydrogens (primary N) is 1. The number of carbonyl (C=O) groups is 1. The van der Waals surface area contributed by atoms with Crippen LogP contribution in [0.15, 0.2) is 18.2 Å². The number of hydrogen-bond acceptors (Lipinski definition) is 5. The van der Waals surface area contributed by atoms with Crippen molar-refractivity contribution in [3.8, 4) is 0 Å². The second-order valence-corrected chi connectivity index (χ2v) is 6.39. The summed E-state index contributed by atoms with van der Waals surface area (Å²) in [4.78, 5) is 12.5. The lowest BCUT2D eigenvalue weighted by Gasteiger charge is -2.19. The van der Waals surface area contributed by atoms with Gasteiger partial charge >= 0.3 is 5.97 Å². The number of hydrogen-bond donors (Lipinski definition) is 2. The molecule has 0 aromatic heterocycles. The Kier molecular flexibility index (Phi) is 4.18. The van der Waals surface area contributed by atoms with Crippen molar-refractivity contribution in [3.05, 3.63) is 23.8 Å². The Hall–Kier alpha value is -1.76. The van der Waals surface area contributed by atoms with Crippen molar-refractivity contribution in [1.29, 1.82) is 0 Å². The van der Waals surface area contributed by atoms with Gasteiger partial charge in [0.2, 0.25) is 0 Å². The van der Waals surface area contributed by atoms with Crippen LogP contribution in [0.1, 0.15) is 10.4 Å². The Labute approximate surface area is 106 Å². The fourth-order valence-electron chi connectivity index (χ4n) is 1.41. The first-order chi connectivity index (χ1) is 8.20. The van der Waals surface area contributed by atoms with Crippen LogP contribution in [-0.2, 0) is 9.84 Å². The van der Waals surface area contributed by atoms with E-state index in [-0.39, 0.29) is 17.0 Å². The first-order valence-corrected chi connectivity index (χ1v) is 7.28. The maximum Gasteiger partial charge on any atom is 0.337 e. The minimum atomic E-state index is -3.03. The van der Waals surface area contributed by atoms with Gasteiger partial charge in [-0.25, -0.2) is 13.2 Å². The molecule has 0 radical (unpaired) electrons. The van der Waals surface area contributed by atoms with Gasteiger partial charge in [0.25, 0.3) is 0 Å². The van der Waals surface area contributed by atoms with Crippen molar-refractivity contribution in [1.82, 2.24) is 0 Å². The highest BCUT2D eigenvalue weighted by Gasteiger charge is 2.11. The quantitative estimate of drug-likeness (QED) is 0.755. The summed E-state index contributed by atoms with van der Waals surface area (Å²) in [6.07, 6.45) is 1.17. The van der Waals surface area contributed by atoms with Crippen molar-refractivity contribution in [3.63, 3.8) is 0 Å². The lowest BCUT2D eigenvalue weighted by molar-refractivity contribution is 0.0698. The van der Waals surface area contributed by atoms with E-state index in [1.54, 1.807) is 18.0 Å². The van der Waals surface area contributed by atoms with E-state index in [4.69, 9.17) is 10.8 Å². The number of nitrogen functional groups attached to an aromatic ring is 1. The zero-order valence-corrected chi connectivity index (χ0v) is 11.1. The molecule has 0 bridgehead atoms. The third-order valence-electron chi connectivity index (χ3n) is 2.50. The highest BCUT2D eigenvalue weighted by Crippen LogP contribution is 2.20. The van der Waals surface area contributed by atoms with Crippen LogP contribution in [0.25, 0.3) is 0 Å². The van der Waals surface area contributed by atoms with Gasteiger partial charge in [0.1, 0.15) is 9.84 Å². The third kappa shape index (κ3) is 3.92. The van der Waals surface area contributed by atoms with Gasteiger partial charge in [0.05, 0.1) is 11.3 Å². The molecule has 3 N–H and O–H groups in total. The SMILES string of the molecule is CN(CCS(C)(=O)=O)c1ccc(C(=O)O)c(N)c1. The second-order valence-electron chi connectivity index (χ2n) is 4.13.